The second kappa shape index (κ2) is 5.42. The predicted octanol–water partition coefficient (Wildman–Crippen LogP) is 3.76. The van der Waals surface area contributed by atoms with Crippen molar-refractivity contribution in [1.82, 2.24) is 9.97 Å². The number of rotatable bonds is 3. The third kappa shape index (κ3) is 2.85. The summed E-state index contributed by atoms with van der Waals surface area (Å²) >= 11 is 5.72. The minimum absolute atomic E-state index is 0.00315. The number of nitro benzene ring substituents is 1. The summed E-state index contributed by atoms with van der Waals surface area (Å²) in [6.07, 6.45) is 1.53. The molecule has 0 radical (unpaired) electrons. The van der Waals surface area contributed by atoms with Crippen LogP contribution in [0.25, 0.3) is 0 Å². The highest BCUT2D eigenvalue weighted by atomic mass is 35.5. The average Bonchev–Trinajstić information content (AvgIpc) is 2.36. The van der Waals surface area contributed by atoms with Crippen molar-refractivity contribution in [2.45, 2.75) is 20.8 Å². The predicted molar refractivity (Wildman–Crippen MR) is 74.4 cm³/mol. The molecule has 0 saturated carbocycles. The number of aryl methyl sites for hydroxylation is 3. The molecule has 0 aliphatic rings. The van der Waals surface area contributed by atoms with Crippen molar-refractivity contribution in [2.24, 2.45) is 0 Å². The maximum atomic E-state index is 11.0. The summed E-state index contributed by atoms with van der Waals surface area (Å²) in [5.41, 5.74) is 2.06. The first-order valence-electron chi connectivity index (χ1n) is 5.81. The molecule has 0 bridgehead atoms. The van der Waals surface area contributed by atoms with E-state index in [1.807, 2.05) is 6.92 Å². The van der Waals surface area contributed by atoms with Crippen molar-refractivity contribution in [1.29, 1.82) is 0 Å². The SMILES string of the molecule is Cc1cc(C)c([N+](=O)[O-])cc1Oc1nc(Cl)ncc1C. The Balaban J connectivity index is 2.45. The van der Waals surface area contributed by atoms with Gasteiger partial charge in [0.15, 0.2) is 0 Å². The Morgan fingerprint density at radius 3 is 2.55 bits per heavy atom. The van der Waals surface area contributed by atoms with Crippen LogP contribution in [-0.4, -0.2) is 14.9 Å². The van der Waals surface area contributed by atoms with Gasteiger partial charge in [-0.25, -0.2) is 4.98 Å². The molecular formula is C13H12ClN3O3. The van der Waals surface area contributed by atoms with Gasteiger partial charge < -0.3 is 4.74 Å². The molecular weight excluding hydrogens is 282 g/mol. The Bertz CT molecular complexity index is 689. The highest BCUT2D eigenvalue weighted by molar-refractivity contribution is 6.28. The van der Waals surface area contributed by atoms with Gasteiger partial charge in [-0.05, 0) is 44.0 Å². The van der Waals surface area contributed by atoms with E-state index in [-0.39, 0.29) is 16.9 Å². The number of aromatic nitrogens is 2. The highest BCUT2D eigenvalue weighted by Gasteiger charge is 2.16. The van der Waals surface area contributed by atoms with Gasteiger partial charge in [-0.2, -0.15) is 4.98 Å². The zero-order valence-corrected chi connectivity index (χ0v) is 11.9. The Morgan fingerprint density at radius 1 is 1.20 bits per heavy atom. The summed E-state index contributed by atoms with van der Waals surface area (Å²) in [6, 6.07) is 3.09. The minimum Gasteiger partial charge on any atom is -0.438 e. The summed E-state index contributed by atoms with van der Waals surface area (Å²) < 4.78 is 5.63. The van der Waals surface area contributed by atoms with Crippen molar-refractivity contribution in [3.05, 3.63) is 50.4 Å². The first-order chi connectivity index (χ1) is 9.38. The molecule has 0 fully saturated rings. The maximum absolute atomic E-state index is 11.0. The second-order valence-corrected chi connectivity index (χ2v) is 4.73. The molecule has 0 aliphatic heterocycles. The highest BCUT2D eigenvalue weighted by Crippen LogP contribution is 2.32. The van der Waals surface area contributed by atoms with Crippen LogP contribution in [-0.2, 0) is 0 Å². The van der Waals surface area contributed by atoms with E-state index in [0.717, 1.165) is 5.56 Å². The minimum atomic E-state index is -0.443. The van der Waals surface area contributed by atoms with Crippen LogP contribution in [0.1, 0.15) is 16.7 Å². The number of hydrogen-bond donors (Lipinski definition) is 0. The number of halogens is 1. The molecule has 0 aliphatic carbocycles. The van der Waals surface area contributed by atoms with E-state index in [1.165, 1.54) is 12.3 Å². The molecule has 0 unspecified atom stereocenters. The van der Waals surface area contributed by atoms with Crippen LogP contribution >= 0.6 is 11.6 Å². The van der Waals surface area contributed by atoms with Crippen molar-refractivity contribution >= 4 is 17.3 Å². The van der Waals surface area contributed by atoms with Gasteiger partial charge in [-0.3, -0.25) is 10.1 Å². The summed E-state index contributed by atoms with van der Waals surface area (Å²) in [6.45, 7) is 5.26. The molecule has 7 heteroatoms. The van der Waals surface area contributed by atoms with E-state index in [0.29, 0.717) is 16.9 Å². The monoisotopic (exact) mass is 293 g/mol. The number of nitro groups is 1. The van der Waals surface area contributed by atoms with Crippen molar-refractivity contribution in [3.63, 3.8) is 0 Å². The van der Waals surface area contributed by atoms with Gasteiger partial charge in [0, 0.05) is 17.3 Å². The number of hydrogen-bond acceptors (Lipinski definition) is 5. The molecule has 6 nitrogen and oxygen atoms in total. The van der Waals surface area contributed by atoms with E-state index in [2.05, 4.69) is 9.97 Å². The summed E-state index contributed by atoms with van der Waals surface area (Å²) in [5, 5.41) is 11.0. The molecule has 0 N–H and O–H groups in total. The van der Waals surface area contributed by atoms with Gasteiger partial charge >= 0.3 is 0 Å². The van der Waals surface area contributed by atoms with Crippen molar-refractivity contribution in [3.8, 4) is 11.6 Å². The molecule has 1 aromatic carbocycles. The fourth-order valence-electron chi connectivity index (χ4n) is 1.74. The van der Waals surface area contributed by atoms with Gasteiger partial charge in [0.05, 0.1) is 11.0 Å². The van der Waals surface area contributed by atoms with E-state index < -0.39 is 4.92 Å². The Labute approximate surface area is 120 Å². The standard InChI is InChI=1S/C13H12ClN3O3/c1-7-4-8(2)11(5-10(7)17(18)19)20-12-9(3)6-15-13(14)16-12/h4-6H,1-3H3. The molecule has 0 amide bonds. The van der Waals surface area contributed by atoms with Crippen LogP contribution in [0.3, 0.4) is 0 Å². The maximum Gasteiger partial charge on any atom is 0.276 e. The Hall–Kier alpha value is -2.21. The smallest absolute Gasteiger partial charge is 0.276 e. The van der Waals surface area contributed by atoms with Crippen LogP contribution in [0.5, 0.6) is 11.6 Å². The van der Waals surface area contributed by atoms with Crippen LogP contribution < -0.4 is 4.74 Å². The first-order valence-corrected chi connectivity index (χ1v) is 6.19. The topological polar surface area (TPSA) is 78.2 Å². The molecule has 1 aromatic heterocycles. The Kier molecular flexibility index (Phi) is 3.85. The zero-order valence-electron chi connectivity index (χ0n) is 11.2. The molecule has 0 saturated heterocycles. The number of ether oxygens (including phenoxy) is 1. The molecule has 20 heavy (non-hydrogen) atoms. The summed E-state index contributed by atoms with van der Waals surface area (Å²) in [4.78, 5) is 18.3. The number of nitrogens with zero attached hydrogens (tertiary/aromatic N) is 3. The molecule has 104 valence electrons. The summed E-state index contributed by atoms with van der Waals surface area (Å²) in [5.74, 6) is 0.659. The van der Waals surface area contributed by atoms with Crippen molar-refractivity contribution < 1.29 is 9.66 Å². The fourth-order valence-corrected chi connectivity index (χ4v) is 1.87. The van der Waals surface area contributed by atoms with Gasteiger partial charge in [0.25, 0.3) is 5.69 Å². The van der Waals surface area contributed by atoms with Crippen LogP contribution in [0.2, 0.25) is 5.28 Å². The largest absolute Gasteiger partial charge is 0.438 e. The van der Waals surface area contributed by atoms with Crippen LogP contribution in [0, 0.1) is 30.9 Å². The lowest BCUT2D eigenvalue weighted by Gasteiger charge is -2.10. The molecule has 2 rings (SSSR count). The zero-order chi connectivity index (χ0) is 14.9. The third-order valence-electron chi connectivity index (χ3n) is 2.79. The van der Waals surface area contributed by atoms with E-state index in [1.54, 1.807) is 19.9 Å². The fraction of sp³-hybridized carbons (Fsp3) is 0.231. The molecule has 0 spiro atoms. The van der Waals surface area contributed by atoms with E-state index in [4.69, 9.17) is 16.3 Å². The Morgan fingerprint density at radius 2 is 1.90 bits per heavy atom. The van der Waals surface area contributed by atoms with E-state index >= 15 is 0 Å². The van der Waals surface area contributed by atoms with Gasteiger partial charge in [-0.1, -0.05) is 0 Å². The second-order valence-electron chi connectivity index (χ2n) is 4.39. The quantitative estimate of drug-likeness (QED) is 0.489. The van der Waals surface area contributed by atoms with Gasteiger partial charge in [-0.15, -0.1) is 0 Å². The molecule has 2 aromatic rings. The third-order valence-corrected chi connectivity index (χ3v) is 2.97. The van der Waals surface area contributed by atoms with E-state index in [9.17, 15) is 10.1 Å². The lowest BCUT2D eigenvalue weighted by atomic mass is 10.1. The first kappa shape index (κ1) is 14.2. The lowest BCUT2D eigenvalue weighted by Crippen LogP contribution is -1.98. The normalized spacial score (nSPS) is 10.4. The van der Waals surface area contributed by atoms with Crippen LogP contribution in [0.15, 0.2) is 18.3 Å². The van der Waals surface area contributed by atoms with Crippen molar-refractivity contribution in [2.75, 3.05) is 0 Å². The number of benzene rings is 1. The molecule has 1 heterocycles. The van der Waals surface area contributed by atoms with Gasteiger partial charge in [0.1, 0.15) is 5.75 Å². The van der Waals surface area contributed by atoms with Crippen LogP contribution in [0.4, 0.5) is 5.69 Å². The molecule has 0 atom stereocenters. The summed E-state index contributed by atoms with van der Waals surface area (Å²) in [7, 11) is 0. The lowest BCUT2D eigenvalue weighted by molar-refractivity contribution is -0.385. The van der Waals surface area contributed by atoms with Gasteiger partial charge in [0.2, 0.25) is 11.2 Å². The average molecular weight is 294 g/mol.